The van der Waals surface area contributed by atoms with Crippen LogP contribution in [0, 0.1) is 10.1 Å². The number of benzene rings is 1. The monoisotopic (exact) mass is 321 g/mol. The van der Waals surface area contributed by atoms with Crippen molar-refractivity contribution in [1.82, 2.24) is 4.98 Å². The number of hydrogen-bond donors (Lipinski definition) is 1. The van der Waals surface area contributed by atoms with Crippen LogP contribution in [-0.4, -0.2) is 33.9 Å². The normalized spacial score (nSPS) is 10.2. The van der Waals surface area contributed by atoms with Gasteiger partial charge < -0.3 is 5.11 Å². The Morgan fingerprint density at radius 2 is 2.09 bits per heavy atom. The number of thiazole rings is 1. The Bertz CT molecular complexity index is 743. The molecular weight excluding hydrogens is 310 g/mol. The van der Waals surface area contributed by atoms with Crippen molar-refractivity contribution in [3.05, 3.63) is 51.7 Å². The third kappa shape index (κ3) is 3.26. The minimum Gasteiger partial charge on any atom is -0.481 e. The first kappa shape index (κ1) is 15.6. The lowest BCUT2D eigenvalue weighted by molar-refractivity contribution is -0.380. The molecule has 22 heavy (non-hydrogen) atoms. The van der Waals surface area contributed by atoms with Crippen molar-refractivity contribution in [3.8, 4) is 0 Å². The number of nitro groups is 1. The Balaban J connectivity index is 2.30. The molecule has 114 valence electrons. The summed E-state index contributed by atoms with van der Waals surface area (Å²) in [5.74, 6) is -1.52. The second kappa shape index (κ2) is 6.31. The molecule has 1 N–H and O–H groups in total. The molecule has 1 aromatic heterocycles. The summed E-state index contributed by atoms with van der Waals surface area (Å²) in [4.78, 5) is 38.4. The van der Waals surface area contributed by atoms with Gasteiger partial charge in [0.25, 0.3) is 5.91 Å². The Hall–Kier alpha value is -2.81. The SMILES string of the molecule is CN(C(=O)c1ccccc1CC(=O)O)c1ncc([N+](=O)[O-])s1. The summed E-state index contributed by atoms with van der Waals surface area (Å²) in [6.07, 6.45) is 0.792. The summed E-state index contributed by atoms with van der Waals surface area (Å²) in [6.45, 7) is 0. The predicted octanol–water partition coefficient (Wildman–Crippen LogP) is 1.96. The van der Waals surface area contributed by atoms with Gasteiger partial charge in [0.15, 0.2) is 5.13 Å². The van der Waals surface area contributed by atoms with Gasteiger partial charge in [0.2, 0.25) is 0 Å². The highest BCUT2D eigenvalue weighted by Crippen LogP contribution is 2.28. The highest BCUT2D eigenvalue weighted by Gasteiger charge is 2.22. The van der Waals surface area contributed by atoms with Crippen molar-refractivity contribution in [2.24, 2.45) is 0 Å². The first-order valence-corrected chi connectivity index (χ1v) is 6.89. The van der Waals surface area contributed by atoms with E-state index in [1.807, 2.05) is 0 Å². The molecule has 0 spiro atoms. The number of rotatable bonds is 5. The van der Waals surface area contributed by atoms with Crippen LogP contribution in [0.1, 0.15) is 15.9 Å². The van der Waals surface area contributed by atoms with Crippen LogP contribution in [0.5, 0.6) is 0 Å². The van der Waals surface area contributed by atoms with E-state index in [1.54, 1.807) is 18.2 Å². The average molecular weight is 321 g/mol. The van der Waals surface area contributed by atoms with Gasteiger partial charge in [0, 0.05) is 12.6 Å². The third-order valence-corrected chi connectivity index (χ3v) is 3.87. The van der Waals surface area contributed by atoms with E-state index < -0.39 is 16.8 Å². The quantitative estimate of drug-likeness (QED) is 0.665. The van der Waals surface area contributed by atoms with Gasteiger partial charge in [-0.15, -0.1) is 0 Å². The maximum atomic E-state index is 12.5. The number of carboxylic acids is 1. The molecule has 1 heterocycles. The van der Waals surface area contributed by atoms with Gasteiger partial charge in [-0.25, -0.2) is 4.98 Å². The second-order valence-corrected chi connectivity index (χ2v) is 5.32. The van der Waals surface area contributed by atoms with Crippen molar-refractivity contribution in [1.29, 1.82) is 0 Å². The fraction of sp³-hybridized carbons (Fsp3) is 0.154. The minimum absolute atomic E-state index is 0.168. The number of amides is 1. The first-order chi connectivity index (χ1) is 10.4. The topological polar surface area (TPSA) is 114 Å². The minimum atomic E-state index is -1.05. The summed E-state index contributed by atoms with van der Waals surface area (Å²) in [6, 6.07) is 6.33. The zero-order valence-electron chi connectivity index (χ0n) is 11.4. The van der Waals surface area contributed by atoms with Crippen molar-refractivity contribution in [2.45, 2.75) is 6.42 Å². The summed E-state index contributed by atoms with van der Waals surface area (Å²) in [5, 5.41) is 19.5. The highest BCUT2D eigenvalue weighted by atomic mass is 32.1. The van der Waals surface area contributed by atoms with Gasteiger partial charge in [0.05, 0.1) is 11.3 Å². The maximum Gasteiger partial charge on any atom is 0.345 e. The molecule has 0 fully saturated rings. The first-order valence-electron chi connectivity index (χ1n) is 6.08. The Labute approximate surface area is 128 Å². The Morgan fingerprint density at radius 3 is 2.68 bits per heavy atom. The molecule has 2 aromatic rings. The molecular formula is C13H11N3O5S. The zero-order chi connectivity index (χ0) is 16.3. The molecule has 9 heteroatoms. The molecule has 0 aliphatic rings. The van der Waals surface area contributed by atoms with Gasteiger partial charge in [-0.1, -0.05) is 18.2 Å². The van der Waals surface area contributed by atoms with Crippen LogP contribution < -0.4 is 4.90 Å². The van der Waals surface area contributed by atoms with Crippen molar-refractivity contribution in [2.75, 3.05) is 11.9 Å². The van der Waals surface area contributed by atoms with Gasteiger partial charge in [-0.2, -0.15) is 0 Å². The molecule has 0 saturated heterocycles. The molecule has 0 unspecified atom stereocenters. The summed E-state index contributed by atoms with van der Waals surface area (Å²) >= 11 is 0.770. The largest absolute Gasteiger partial charge is 0.481 e. The van der Waals surface area contributed by atoms with Crippen LogP contribution in [0.25, 0.3) is 0 Å². The van der Waals surface area contributed by atoms with E-state index in [1.165, 1.54) is 18.0 Å². The van der Waals surface area contributed by atoms with Crippen molar-refractivity contribution < 1.29 is 19.6 Å². The van der Waals surface area contributed by atoms with E-state index in [2.05, 4.69) is 4.98 Å². The van der Waals surface area contributed by atoms with Crippen LogP contribution in [0.2, 0.25) is 0 Å². The molecule has 8 nitrogen and oxygen atoms in total. The number of aliphatic carboxylic acids is 1. The van der Waals surface area contributed by atoms with Gasteiger partial charge in [-0.3, -0.25) is 24.6 Å². The van der Waals surface area contributed by atoms with Crippen LogP contribution in [0.4, 0.5) is 10.1 Å². The summed E-state index contributed by atoms with van der Waals surface area (Å²) < 4.78 is 0. The molecule has 0 aliphatic heterocycles. The van der Waals surface area contributed by atoms with E-state index in [0.29, 0.717) is 5.56 Å². The fourth-order valence-electron chi connectivity index (χ4n) is 1.81. The number of hydrogen-bond acceptors (Lipinski definition) is 6. The lowest BCUT2D eigenvalue weighted by Gasteiger charge is -2.15. The van der Waals surface area contributed by atoms with Gasteiger partial charge >= 0.3 is 11.0 Å². The third-order valence-electron chi connectivity index (χ3n) is 2.84. The molecule has 0 radical (unpaired) electrons. The number of aromatic nitrogens is 1. The van der Waals surface area contributed by atoms with Gasteiger partial charge in [0.1, 0.15) is 6.20 Å². The predicted molar refractivity (Wildman–Crippen MR) is 79.3 cm³/mol. The molecule has 0 bridgehead atoms. The van der Waals surface area contributed by atoms with Crippen molar-refractivity contribution in [3.63, 3.8) is 0 Å². The van der Waals surface area contributed by atoms with Crippen LogP contribution in [0.15, 0.2) is 30.5 Å². The Morgan fingerprint density at radius 1 is 1.41 bits per heavy atom. The van der Waals surface area contributed by atoms with E-state index in [9.17, 15) is 19.7 Å². The number of carboxylic acid groups (broad SMARTS) is 1. The average Bonchev–Trinajstić information content (AvgIpc) is 2.95. The van der Waals surface area contributed by atoms with Crippen molar-refractivity contribution >= 4 is 33.3 Å². The highest BCUT2D eigenvalue weighted by molar-refractivity contribution is 7.18. The lowest BCUT2D eigenvalue weighted by Crippen LogP contribution is -2.27. The maximum absolute atomic E-state index is 12.5. The van der Waals surface area contributed by atoms with E-state index in [0.717, 1.165) is 17.5 Å². The van der Waals surface area contributed by atoms with E-state index in [-0.39, 0.29) is 22.1 Å². The molecule has 0 atom stereocenters. The molecule has 1 amide bonds. The lowest BCUT2D eigenvalue weighted by atomic mass is 10.0. The van der Waals surface area contributed by atoms with Crippen LogP contribution >= 0.6 is 11.3 Å². The fourth-order valence-corrected chi connectivity index (χ4v) is 2.50. The van der Waals surface area contributed by atoms with Crippen LogP contribution in [-0.2, 0) is 11.2 Å². The van der Waals surface area contributed by atoms with Gasteiger partial charge in [-0.05, 0) is 23.0 Å². The number of nitrogens with zero attached hydrogens (tertiary/aromatic N) is 3. The molecule has 0 aliphatic carbocycles. The van der Waals surface area contributed by atoms with E-state index in [4.69, 9.17) is 5.11 Å². The molecule has 2 rings (SSSR count). The second-order valence-electron chi connectivity index (χ2n) is 4.33. The zero-order valence-corrected chi connectivity index (χ0v) is 12.2. The summed E-state index contributed by atoms with van der Waals surface area (Å²) in [7, 11) is 1.43. The Kier molecular flexibility index (Phi) is 4.47. The number of anilines is 1. The molecule has 1 aromatic carbocycles. The van der Waals surface area contributed by atoms with Crippen LogP contribution in [0.3, 0.4) is 0 Å². The standard InChI is InChI=1S/C13H11N3O5S/c1-15(13-14-7-10(22-13)16(20)21)12(19)9-5-3-2-4-8(9)6-11(17)18/h2-5,7H,6H2,1H3,(H,17,18). The van der Waals surface area contributed by atoms with E-state index >= 15 is 0 Å². The smallest absolute Gasteiger partial charge is 0.345 e. The number of carbonyl (C=O) groups excluding carboxylic acids is 1. The number of carbonyl (C=O) groups is 2. The molecule has 0 saturated carbocycles. The summed E-state index contributed by atoms with van der Waals surface area (Å²) in [5.41, 5.74) is 0.600.